The van der Waals surface area contributed by atoms with Crippen molar-refractivity contribution in [3.63, 3.8) is 0 Å². The number of aromatic nitrogens is 1. The molecule has 1 aliphatic heterocycles. The second kappa shape index (κ2) is 6.00. The number of allylic oxidation sites excluding steroid dienone is 1. The second-order valence-electron chi connectivity index (χ2n) is 6.74. The predicted molar refractivity (Wildman–Crippen MR) is 108 cm³/mol. The van der Waals surface area contributed by atoms with Gasteiger partial charge >= 0.3 is 0 Å². The van der Waals surface area contributed by atoms with Gasteiger partial charge in [0, 0.05) is 10.8 Å². The van der Waals surface area contributed by atoms with Gasteiger partial charge < -0.3 is 15.5 Å². The molecular formula is C23H15N3O2. The zero-order valence-electron chi connectivity index (χ0n) is 14.8. The van der Waals surface area contributed by atoms with Gasteiger partial charge in [-0.25, -0.2) is 0 Å². The Hall–Kier alpha value is -4.04. The Kier molecular flexibility index (Phi) is 3.46. The maximum absolute atomic E-state index is 13.2. The molecule has 1 aromatic heterocycles. The van der Waals surface area contributed by atoms with Gasteiger partial charge in [0.2, 0.25) is 5.88 Å². The average Bonchev–Trinajstić information content (AvgIpc) is 2.73. The first-order valence-corrected chi connectivity index (χ1v) is 8.89. The van der Waals surface area contributed by atoms with Gasteiger partial charge in [0.05, 0.1) is 17.0 Å². The number of nitrogens with zero attached hydrogens (tertiary/aromatic N) is 1. The Morgan fingerprint density at radius 2 is 1.71 bits per heavy atom. The Balaban J connectivity index is 1.90. The van der Waals surface area contributed by atoms with Gasteiger partial charge in [-0.1, -0.05) is 60.7 Å². The van der Waals surface area contributed by atoms with E-state index in [1.807, 2.05) is 66.7 Å². The fourth-order valence-electron chi connectivity index (χ4n) is 3.95. The minimum Gasteiger partial charge on any atom is -0.439 e. The zero-order valence-corrected chi connectivity index (χ0v) is 14.8. The minimum absolute atomic E-state index is 0.0314. The van der Waals surface area contributed by atoms with Gasteiger partial charge in [-0.3, -0.25) is 4.79 Å². The number of H-pyrrole nitrogens is 1. The number of nitriles is 1. The van der Waals surface area contributed by atoms with Crippen LogP contribution in [0.4, 0.5) is 0 Å². The molecule has 5 heteroatoms. The van der Waals surface area contributed by atoms with Crippen LogP contribution < -0.4 is 16.0 Å². The SMILES string of the molecule is N#CC1=C(N)Oc2c(c(=O)[nH]c3c2ccc2ccccc23)C1c1ccccc1. The van der Waals surface area contributed by atoms with Crippen LogP contribution in [0.1, 0.15) is 17.0 Å². The lowest BCUT2D eigenvalue weighted by atomic mass is 9.83. The number of ether oxygens (including phenoxy) is 1. The first-order chi connectivity index (χ1) is 13.7. The highest BCUT2D eigenvalue weighted by atomic mass is 16.5. The number of hydrogen-bond donors (Lipinski definition) is 2. The average molecular weight is 365 g/mol. The number of nitrogens with one attached hydrogen (secondary N) is 1. The van der Waals surface area contributed by atoms with Crippen LogP contribution >= 0.6 is 0 Å². The molecule has 3 N–H and O–H groups in total. The van der Waals surface area contributed by atoms with E-state index in [0.717, 1.165) is 21.7 Å². The van der Waals surface area contributed by atoms with E-state index < -0.39 is 5.92 Å². The lowest BCUT2D eigenvalue weighted by Crippen LogP contribution is -2.27. The van der Waals surface area contributed by atoms with Crippen LogP contribution in [0.15, 0.2) is 83.0 Å². The molecule has 1 unspecified atom stereocenters. The highest BCUT2D eigenvalue weighted by molar-refractivity contribution is 6.07. The van der Waals surface area contributed by atoms with Crippen LogP contribution in [0, 0.1) is 11.3 Å². The Labute approximate surface area is 160 Å². The lowest BCUT2D eigenvalue weighted by molar-refractivity contribution is 0.397. The summed E-state index contributed by atoms with van der Waals surface area (Å²) < 4.78 is 5.84. The summed E-state index contributed by atoms with van der Waals surface area (Å²) in [6, 6.07) is 23.2. The standard InChI is InChI=1S/C23H15N3O2/c24-12-17-18(14-7-2-1-3-8-14)19-21(28-22(17)25)16-11-10-13-6-4-5-9-15(13)20(16)26-23(19)27/h1-11,18H,25H2,(H,26,27). The highest BCUT2D eigenvalue weighted by Crippen LogP contribution is 2.43. The summed E-state index contributed by atoms with van der Waals surface area (Å²) in [6.45, 7) is 0. The number of pyridine rings is 1. The van der Waals surface area contributed by atoms with Gasteiger partial charge in [0.1, 0.15) is 17.4 Å². The van der Waals surface area contributed by atoms with E-state index in [1.54, 1.807) is 0 Å². The van der Waals surface area contributed by atoms with Gasteiger partial charge in [-0.05, 0) is 17.0 Å². The molecule has 0 radical (unpaired) electrons. The molecule has 4 aromatic rings. The summed E-state index contributed by atoms with van der Waals surface area (Å²) in [5.74, 6) is -0.131. The molecule has 0 amide bonds. The number of aromatic amines is 1. The molecule has 1 aliphatic rings. The van der Waals surface area contributed by atoms with Gasteiger partial charge in [0.25, 0.3) is 5.56 Å². The molecule has 134 valence electrons. The maximum atomic E-state index is 13.2. The summed E-state index contributed by atoms with van der Waals surface area (Å²) in [7, 11) is 0. The van der Waals surface area contributed by atoms with Crippen LogP contribution in [0.5, 0.6) is 5.75 Å². The molecule has 0 fully saturated rings. The van der Waals surface area contributed by atoms with Crippen molar-refractivity contribution >= 4 is 21.7 Å². The largest absolute Gasteiger partial charge is 0.439 e. The summed E-state index contributed by atoms with van der Waals surface area (Å²) in [4.78, 5) is 16.2. The lowest BCUT2D eigenvalue weighted by Gasteiger charge is -2.26. The third-order valence-corrected chi connectivity index (χ3v) is 5.21. The first-order valence-electron chi connectivity index (χ1n) is 8.89. The number of fused-ring (bicyclic) bond motifs is 5. The van der Waals surface area contributed by atoms with Crippen molar-refractivity contribution in [1.29, 1.82) is 5.26 Å². The Bertz CT molecular complexity index is 1380. The molecule has 0 saturated heterocycles. The monoisotopic (exact) mass is 365 g/mol. The quantitative estimate of drug-likeness (QED) is 0.501. The molecule has 5 nitrogen and oxygen atoms in total. The van der Waals surface area contributed by atoms with Crippen molar-refractivity contribution < 1.29 is 4.74 Å². The fourth-order valence-corrected chi connectivity index (χ4v) is 3.95. The fraction of sp³-hybridized carbons (Fsp3) is 0.0435. The number of benzene rings is 3. The minimum atomic E-state index is -0.574. The summed E-state index contributed by atoms with van der Waals surface area (Å²) in [6.07, 6.45) is 0. The molecule has 28 heavy (non-hydrogen) atoms. The van der Waals surface area contributed by atoms with Crippen LogP contribution in [0.2, 0.25) is 0 Å². The van der Waals surface area contributed by atoms with Crippen LogP contribution in [0.3, 0.4) is 0 Å². The van der Waals surface area contributed by atoms with Gasteiger partial charge in [0.15, 0.2) is 0 Å². The third-order valence-electron chi connectivity index (χ3n) is 5.21. The zero-order chi connectivity index (χ0) is 19.3. The second-order valence-corrected chi connectivity index (χ2v) is 6.74. The van der Waals surface area contributed by atoms with E-state index in [9.17, 15) is 10.1 Å². The van der Waals surface area contributed by atoms with Gasteiger partial charge in [-0.2, -0.15) is 5.26 Å². The number of hydrogen-bond acceptors (Lipinski definition) is 4. The molecular weight excluding hydrogens is 350 g/mol. The molecule has 2 heterocycles. The third kappa shape index (κ3) is 2.22. The van der Waals surface area contributed by atoms with E-state index in [2.05, 4.69) is 11.1 Å². The molecule has 0 bridgehead atoms. The van der Waals surface area contributed by atoms with Gasteiger partial charge in [-0.15, -0.1) is 0 Å². The van der Waals surface area contributed by atoms with E-state index in [1.165, 1.54) is 0 Å². The molecule has 1 atom stereocenters. The van der Waals surface area contributed by atoms with Crippen LogP contribution in [-0.4, -0.2) is 4.98 Å². The van der Waals surface area contributed by atoms with E-state index in [4.69, 9.17) is 10.5 Å². The number of nitrogens with two attached hydrogens (primary N) is 1. The summed E-state index contributed by atoms with van der Waals surface area (Å²) in [5.41, 5.74) is 7.98. The number of rotatable bonds is 1. The Morgan fingerprint density at radius 3 is 2.50 bits per heavy atom. The van der Waals surface area contributed by atoms with Crippen molar-refractivity contribution in [3.05, 3.63) is 99.7 Å². The molecule has 5 rings (SSSR count). The molecule has 3 aromatic carbocycles. The molecule has 0 saturated carbocycles. The smallest absolute Gasteiger partial charge is 0.256 e. The van der Waals surface area contributed by atoms with Crippen molar-refractivity contribution in [2.75, 3.05) is 0 Å². The molecule has 0 spiro atoms. The molecule has 0 aliphatic carbocycles. The summed E-state index contributed by atoms with van der Waals surface area (Å²) >= 11 is 0. The van der Waals surface area contributed by atoms with Crippen molar-refractivity contribution in [2.24, 2.45) is 5.73 Å². The first kappa shape index (κ1) is 16.2. The van der Waals surface area contributed by atoms with Crippen LogP contribution in [0.25, 0.3) is 21.7 Å². The highest BCUT2D eigenvalue weighted by Gasteiger charge is 2.34. The van der Waals surface area contributed by atoms with E-state index in [0.29, 0.717) is 16.8 Å². The topological polar surface area (TPSA) is 91.9 Å². The Morgan fingerprint density at radius 1 is 0.964 bits per heavy atom. The van der Waals surface area contributed by atoms with Crippen molar-refractivity contribution in [1.82, 2.24) is 4.98 Å². The summed E-state index contributed by atoms with van der Waals surface area (Å²) in [5, 5.41) is 12.4. The van der Waals surface area contributed by atoms with Crippen molar-refractivity contribution in [2.45, 2.75) is 5.92 Å². The van der Waals surface area contributed by atoms with E-state index in [-0.39, 0.29) is 17.0 Å². The normalized spacial score (nSPS) is 15.9. The van der Waals surface area contributed by atoms with Crippen molar-refractivity contribution in [3.8, 4) is 11.8 Å². The maximum Gasteiger partial charge on any atom is 0.256 e. The van der Waals surface area contributed by atoms with E-state index >= 15 is 0 Å². The van der Waals surface area contributed by atoms with Crippen LogP contribution in [-0.2, 0) is 0 Å². The predicted octanol–water partition coefficient (Wildman–Crippen LogP) is 3.90.